The smallest absolute Gasteiger partial charge is 0.210 e. The molecule has 5 aromatic rings. The monoisotopic (exact) mass is 615 g/mol. The molecule has 2 heteroatoms. The molecular formula is C45H47N2+. The second-order valence-electron chi connectivity index (χ2n) is 14.4. The molecule has 0 radical (unpaired) electrons. The van der Waals surface area contributed by atoms with E-state index in [1.54, 1.807) is 0 Å². The number of hydrogen-bond acceptors (Lipinski definition) is 1. The number of para-hydroxylation sites is 1. The Morgan fingerprint density at radius 1 is 0.723 bits per heavy atom. The SMILES string of the molecule is CC(C)CCN1/C(=C/C=C/C2=[N+](C)c3ccc4ccccc4c3C2(C)C)C(Cc2ccccc2)(Cc2ccccc2)c2ccccc21. The van der Waals surface area contributed by atoms with Crippen molar-refractivity contribution in [2.75, 3.05) is 18.5 Å². The fourth-order valence-corrected chi connectivity index (χ4v) is 8.26. The summed E-state index contributed by atoms with van der Waals surface area (Å²) in [5.41, 5.74) is 10.6. The summed E-state index contributed by atoms with van der Waals surface area (Å²) < 4.78 is 2.40. The normalized spacial score (nSPS) is 17.3. The van der Waals surface area contributed by atoms with Crippen molar-refractivity contribution in [1.82, 2.24) is 0 Å². The van der Waals surface area contributed by atoms with E-state index in [1.807, 2.05) is 0 Å². The van der Waals surface area contributed by atoms with Crippen molar-refractivity contribution in [2.24, 2.45) is 5.92 Å². The molecule has 0 saturated heterocycles. The molecule has 0 fully saturated rings. The van der Waals surface area contributed by atoms with Crippen molar-refractivity contribution in [2.45, 2.75) is 57.8 Å². The Kier molecular flexibility index (Phi) is 8.22. The van der Waals surface area contributed by atoms with Gasteiger partial charge in [0.1, 0.15) is 7.05 Å². The highest BCUT2D eigenvalue weighted by Gasteiger charge is 2.47. The van der Waals surface area contributed by atoms with E-state index in [2.05, 4.69) is 184 Å². The Morgan fingerprint density at radius 3 is 2.02 bits per heavy atom. The summed E-state index contributed by atoms with van der Waals surface area (Å²) in [6.07, 6.45) is 10.2. The lowest BCUT2D eigenvalue weighted by Crippen LogP contribution is -2.36. The molecule has 2 aliphatic heterocycles. The largest absolute Gasteiger partial charge is 0.344 e. The van der Waals surface area contributed by atoms with Crippen molar-refractivity contribution in [3.05, 3.63) is 168 Å². The summed E-state index contributed by atoms with van der Waals surface area (Å²) in [6.45, 7) is 10.4. The van der Waals surface area contributed by atoms with Crippen LogP contribution in [0.3, 0.4) is 0 Å². The molecule has 7 rings (SSSR count). The molecule has 2 nitrogen and oxygen atoms in total. The van der Waals surface area contributed by atoms with Crippen LogP contribution in [0.15, 0.2) is 145 Å². The van der Waals surface area contributed by atoms with Crippen LogP contribution in [0.1, 0.15) is 56.4 Å². The first-order valence-corrected chi connectivity index (χ1v) is 17.3. The van der Waals surface area contributed by atoms with Gasteiger partial charge >= 0.3 is 0 Å². The predicted molar refractivity (Wildman–Crippen MR) is 200 cm³/mol. The minimum absolute atomic E-state index is 0.124. The van der Waals surface area contributed by atoms with Gasteiger partial charge in [-0.05, 0) is 84.7 Å². The van der Waals surface area contributed by atoms with Gasteiger partial charge in [0.05, 0.1) is 5.41 Å². The van der Waals surface area contributed by atoms with Gasteiger partial charge in [-0.3, -0.25) is 0 Å². The minimum Gasteiger partial charge on any atom is -0.344 e. The third kappa shape index (κ3) is 5.54. The van der Waals surface area contributed by atoms with Crippen molar-refractivity contribution in [3.63, 3.8) is 0 Å². The standard InChI is InChI=1S/C45H47N2/c1-33(2)29-30-47-39-24-15-14-23-38(39)45(31-34-17-8-6-9-18-34,32-35-19-10-7-11-20-35)42(47)26-16-25-41-44(3,4)43-37-22-13-12-21-36(37)27-28-40(43)46(41)5/h6-28,33H,29-32H2,1-5H3/q+1. The number of benzene rings is 5. The first-order valence-electron chi connectivity index (χ1n) is 17.3. The topological polar surface area (TPSA) is 6.25 Å². The highest BCUT2D eigenvalue weighted by molar-refractivity contribution is 6.07. The van der Waals surface area contributed by atoms with Gasteiger partial charge in [-0.2, -0.15) is 4.58 Å². The fourth-order valence-electron chi connectivity index (χ4n) is 8.26. The Hall–Kier alpha value is -4.69. The Balaban J connectivity index is 1.38. The summed E-state index contributed by atoms with van der Waals surface area (Å²) in [5, 5.41) is 2.65. The first kappa shape index (κ1) is 30.9. The van der Waals surface area contributed by atoms with E-state index >= 15 is 0 Å². The van der Waals surface area contributed by atoms with E-state index in [9.17, 15) is 0 Å². The minimum atomic E-state index is -0.207. The van der Waals surface area contributed by atoms with Crippen LogP contribution in [-0.2, 0) is 23.7 Å². The zero-order valence-corrected chi connectivity index (χ0v) is 28.6. The van der Waals surface area contributed by atoms with Crippen molar-refractivity contribution in [1.29, 1.82) is 0 Å². The van der Waals surface area contributed by atoms with Gasteiger partial charge in [0.2, 0.25) is 5.69 Å². The van der Waals surface area contributed by atoms with Crippen LogP contribution in [0.4, 0.5) is 11.4 Å². The van der Waals surface area contributed by atoms with Gasteiger partial charge < -0.3 is 4.90 Å². The zero-order chi connectivity index (χ0) is 32.6. The lowest BCUT2D eigenvalue weighted by Gasteiger charge is -2.35. The summed E-state index contributed by atoms with van der Waals surface area (Å²) in [5.74, 6) is 0.619. The van der Waals surface area contributed by atoms with Crippen LogP contribution in [0.2, 0.25) is 0 Å². The van der Waals surface area contributed by atoms with Crippen molar-refractivity contribution in [3.8, 4) is 0 Å². The summed E-state index contributed by atoms with van der Waals surface area (Å²) >= 11 is 0. The molecule has 0 aromatic heterocycles. The maximum absolute atomic E-state index is 2.64. The molecule has 0 unspecified atom stereocenters. The molecule has 5 aromatic carbocycles. The predicted octanol–water partition coefficient (Wildman–Crippen LogP) is 10.6. The Bertz CT molecular complexity index is 1950. The third-order valence-corrected chi connectivity index (χ3v) is 10.5. The molecule has 0 amide bonds. The highest BCUT2D eigenvalue weighted by atomic mass is 15.2. The van der Waals surface area contributed by atoms with Gasteiger partial charge in [0, 0.05) is 41.1 Å². The van der Waals surface area contributed by atoms with Crippen LogP contribution in [0, 0.1) is 5.92 Å². The maximum Gasteiger partial charge on any atom is 0.210 e. The van der Waals surface area contributed by atoms with Gasteiger partial charge in [0.15, 0.2) is 5.71 Å². The van der Waals surface area contributed by atoms with Crippen LogP contribution in [0.5, 0.6) is 0 Å². The number of allylic oxidation sites excluding steroid dienone is 4. The lowest BCUT2D eigenvalue weighted by molar-refractivity contribution is -0.401. The summed E-state index contributed by atoms with van der Waals surface area (Å²) in [4.78, 5) is 2.64. The van der Waals surface area contributed by atoms with Crippen molar-refractivity contribution >= 4 is 27.9 Å². The van der Waals surface area contributed by atoms with Crippen molar-refractivity contribution < 1.29 is 4.58 Å². The van der Waals surface area contributed by atoms with E-state index < -0.39 is 0 Å². The highest BCUT2D eigenvalue weighted by Crippen LogP contribution is 2.52. The first-order chi connectivity index (χ1) is 22.8. The van der Waals surface area contributed by atoms with Crippen LogP contribution in [-0.4, -0.2) is 23.9 Å². The molecule has 0 N–H and O–H groups in total. The molecule has 0 spiro atoms. The van der Waals surface area contributed by atoms with Crippen LogP contribution in [0.25, 0.3) is 10.8 Å². The number of fused-ring (bicyclic) bond motifs is 4. The second kappa shape index (κ2) is 12.5. The number of anilines is 1. The van der Waals surface area contributed by atoms with Gasteiger partial charge in [-0.1, -0.05) is 123 Å². The van der Waals surface area contributed by atoms with E-state index in [0.29, 0.717) is 5.92 Å². The van der Waals surface area contributed by atoms with Crippen LogP contribution < -0.4 is 4.90 Å². The lowest BCUT2D eigenvalue weighted by atomic mass is 9.70. The molecule has 236 valence electrons. The Labute approximate surface area is 281 Å². The van der Waals surface area contributed by atoms with E-state index in [1.165, 1.54) is 55.8 Å². The average Bonchev–Trinajstić information content (AvgIpc) is 3.44. The molecule has 0 saturated carbocycles. The summed E-state index contributed by atoms with van der Waals surface area (Å²) in [7, 11) is 2.23. The molecule has 2 aliphatic rings. The molecule has 2 heterocycles. The number of nitrogens with zero attached hydrogens (tertiary/aromatic N) is 2. The maximum atomic E-state index is 2.64. The summed E-state index contributed by atoms with van der Waals surface area (Å²) in [6, 6.07) is 44.7. The number of hydrogen-bond donors (Lipinski definition) is 0. The molecule has 47 heavy (non-hydrogen) atoms. The van der Waals surface area contributed by atoms with E-state index in [0.717, 1.165) is 25.8 Å². The average molecular weight is 616 g/mol. The molecule has 0 aliphatic carbocycles. The van der Waals surface area contributed by atoms with Gasteiger partial charge in [0.25, 0.3) is 0 Å². The molecular weight excluding hydrogens is 569 g/mol. The fraction of sp³-hybridized carbons (Fsp3) is 0.267. The second-order valence-corrected chi connectivity index (χ2v) is 14.4. The quantitative estimate of drug-likeness (QED) is 0.150. The van der Waals surface area contributed by atoms with E-state index in [4.69, 9.17) is 0 Å². The molecule has 0 atom stereocenters. The molecule has 0 bridgehead atoms. The van der Waals surface area contributed by atoms with Gasteiger partial charge in [-0.25, -0.2) is 0 Å². The van der Waals surface area contributed by atoms with E-state index in [-0.39, 0.29) is 10.8 Å². The Morgan fingerprint density at radius 2 is 1.34 bits per heavy atom. The van der Waals surface area contributed by atoms with Gasteiger partial charge in [-0.15, -0.1) is 0 Å². The number of rotatable bonds is 9. The zero-order valence-electron chi connectivity index (χ0n) is 28.6. The van der Waals surface area contributed by atoms with Crippen LogP contribution >= 0.6 is 0 Å². The third-order valence-electron chi connectivity index (χ3n) is 10.5.